The molecule has 0 radical (unpaired) electrons. The van der Waals surface area contributed by atoms with Crippen molar-refractivity contribution in [2.24, 2.45) is 0 Å². The van der Waals surface area contributed by atoms with E-state index < -0.39 is 21.6 Å². The summed E-state index contributed by atoms with van der Waals surface area (Å²) in [4.78, 5) is 29.8. The number of hydrogen-bond donors (Lipinski definition) is 1. The van der Waals surface area contributed by atoms with Gasteiger partial charge in [0.25, 0.3) is 5.91 Å². The largest absolute Gasteiger partial charge is 0.326 e. The SMILES string of the molecule is CCC1(c2ccc(C)cc2)NC(=O)N(CN2CCCN(S(=O)(=O)c3ccc(C)cc3)CC2)C1=O. The topological polar surface area (TPSA) is 90.0 Å². The van der Waals surface area contributed by atoms with Gasteiger partial charge in [-0.3, -0.25) is 9.69 Å². The van der Waals surface area contributed by atoms with Crippen LogP contribution in [0.3, 0.4) is 0 Å². The second kappa shape index (κ2) is 9.48. The predicted molar refractivity (Wildman–Crippen MR) is 130 cm³/mol. The third kappa shape index (κ3) is 4.47. The highest BCUT2D eigenvalue weighted by Gasteiger charge is 2.51. The number of rotatable bonds is 6. The van der Waals surface area contributed by atoms with Gasteiger partial charge in [-0.2, -0.15) is 4.31 Å². The van der Waals surface area contributed by atoms with E-state index in [1.807, 2.05) is 49.9 Å². The highest BCUT2D eigenvalue weighted by Crippen LogP contribution is 2.33. The van der Waals surface area contributed by atoms with Crippen LogP contribution in [0, 0.1) is 13.8 Å². The van der Waals surface area contributed by atoms with E-state index in [4.69, 9.17) is 0 Å². The van der Waals surface area contributed by atoms with E-state index in [2.05, 4.69) is 5.32 Å². The molecule has 4 rings (SSSR count). The number of amides is 3. The van der Waals surface area contributed by atoms with Gasteiger partial charge >= 0.3 is 6.03 Å². The highest BCUT2D eigenvalue weighted by molar-refractivity contribution is 7.89. The van der Waals surface area contributed by atoms with Crippen molar-refractivity contribution in [3.05, 3.63) is 65.2 Å². The number of urea groups is 1. The zero-order chi connectivity index (χ0) is 24.5. The van der Waals surface area contributed by atoms with E-state index >= 15 is 0 Å². The summed E-state index contributed by atoms with van der Waals surface area (Å²) in [5, 5.41) is 2.92. The van der Waals surface area contributed by atoms with Gasteiger partial charge in [0, 0.05) is 26.2 Å². The molecule has 0 saturated carbocycles. The van der Waals surface area contributed by atoms with Gasteiger partial charge < -0.3 is 5.32 Å². The minimum Gasteiger partial charge on any atom is -0.319 e. The monoisotopic (exact) mass is 484 g/mol. The van der Waals surface area contributed by atoms with Crippen LogP contribution in [0.25, 0.3) is 0 Å². The van der Waals surface area contributed by atoms with Crippen molar-refractivity contribution >= 4 is 22.0 Å². The summed E-state index contributed by atoms with van der Waals surface area (Å²) in [6.07, 6.45) is 1.06. The lowest BCUT2D eigenvalue weighted by molar-refractivity contribution is -0.133. The Morgan fingerprint density at radius 3 is 2.12 bits per heavy atom. The summed E-state index contributed by atoms with van der Waals surface area (Å²) in [5.41, 5.74) is 1.78. The first kappa shape index (κ1) is 24.4. The molecular weight excluding hydrogens is 452 g/mol. The van der Waals surface area contributed by atoms with Gasteiger partial charge in [0.2, 0.25) is 10.0 Å². The van der Waals surface area contributed by atoms with Crippen LogP contribution < -0.4 is 5.32 Å². The Morgan fingerprint density at radius 1 is 0.882 bits per heavy atom. The minimum absolute atomic E-state index is 0.136. The van der Waals surface area contributed by atoms with Gasteiger partial charge in [-0.25, -0.2) is 18.1 Å². The molecule has 182 valence electrons. The Hall–Kier alpha value is -2.75. The van der Waals surface area contributed by atoms with Crippen LogP contribution in [0.4, 0.5) is 4.79 Å². The van der Waals surface area contributed by atoms with Crippen LogP contribution in [0.15, 0.2) is 53.4 Å². The molecule has 9 heteroatoms. The highest BCUT2D eigenvalue weighted by atomic mass is 32.2. The fraction of sp³-hybridized carbons (Fsp3) is 0.440. The second-order valence-electron chi connectivity index (χ2n) is 9.12. The Balaban J connectivity index is 1.46. The van der Waals surface area contributed by atoms with Gasteiger partial charge in [0.1, 0.15) is 5.54 Å². The Morgan fingerprint density at radius 2 is 1.50 bits per heavy atom. The third-order valence-corrected chi connectivity index (χ3v) is 8.71. The number of nitrogens with one attached hydrogen (secondary N) is 1. The van der Waals surface area contributed by atoms with E-state index in [1.54, 1.807) is 24.3 Å². The first-order valence-electron chi connectivity index (χ1n) is 11.7. The zero-order valence-corrected chi connectivity index (χ0v) is 20.8. The molecule has 1 N–H and O–H groups in total. The number of aryl methyl sites for hydroxylation is 2. The van der Waals surface area contributed by atoms with Crippen molar-refractivity contribution in [1.82, 2.24) is 19.4 Å². The van der Waals surface area contributed by atoms with Crippen LogP contribution in [0.2, 0.25) is 0 Å². The molecule has 0 bridgehead atoms. The number of benzene rings is 2. The normalized spacial score (nSPS) is 22.6. The van der Waals surface area contributed by atoms with Crippen molar-refractivity contribution in [2.75, 3.05) is 32.8 Å². The summed E-state index contributed by atoms with van der Waals surface area (Å²) in [6, 6.07) is 14.1. The molecule has 0 aliphatic carbocycles. The first-order valence-corrected chi connectivity index (χ1v) is 13.1. The van der Waals surface area contributed by atoms with Crippen LogP contribution in [-0.2, 0) is 20.4 Å². The lowest BCUT2D eigenvalue weighted by Gasteiger charge is -2.28. The standard InChI is InChI=1S/C25H32N4O4S/c1-4-25(21-10-6-19(2)7-11-21)23(30)29(24(31)26-25)18-27-14-5-15-28(17-16-27)34(32,33)22-12-8-20(3)9-13-22/h6-13H,4-5,14-18H2,1-3H3,(H,26,31). The molecule has 34 heavy (non-hydrogen) atoms. The summed E-state index contributed by atoms with van der Waals surface area (Å²) in [7, 11) is -3.59. The van der Waals surface area contributed by atoms with Crippen LogP contribution in [-0.4, -0.2) is 67.3 Å². The van der Waals surface area contributed by atoms with Gasteiger partial charge in [0.15, 0.2) is 0 Å². The fourth-order valence-electron chi connectivity index (χ4n) is 4.62. The average Bonchev–Trinajstić information content (AvgIpc) is 2.97. The quantitative estimate of drug-likeness (QED) is 0.637. The Kier molecular flexibility index (Phi) is 6.80. The summed E-state index contributed by atoms with van der Waals surface area (Å²) in [6.45, 7) is 7.66. The third-order valence-electron chi connectivity index (χ3n) is 6.80. The predicted octanol–water partition coefficient (Wildman–Crippen LogP) is 2.81. The van der Waals surface area contributed by atoms with Crippen molar-refractivity contribution in [3.8, 4) is 0 Å². The van der Waals surface area contributed by atoms with Crippen LogP contribution in [0.1, 0.15) is 36.5 Å². The molecule has 3 amide bonds. The smallest absolute Gasteiger partial charge is 0.319 e. The molecule has 2 aromatic carbocycles. The molecule has 2 saturated heterocycles. The van der Waals surface area contributed by atoms with Crippen molar-refractivity contribution in [3.63, 3.8) is 0 Å². The molecular formula is C25H32N4O4S. The van der Waals surface area contributed by atoms with E-state index in [0.29, 0.717) is 39.0 Å². The van der Waals surface area contributed by atoms with Gasteiger partial charge in [-0.1, -0.05) is 54.4 Å². The fourth-order valence-corrected chi connectivity index (χ4v) is 6.09. The average molecular weight is 485 g/mol. The van der Waals surface area contributed by atoms with Crippen molar-refractivity contribution in [2.45, 2.75) is 44.0 Å². The van der Waals surface area contributed by atoms with Crippen LogP contribution >= 0.6 is 0 Å². The molecule has 2 aromatic rings. The summed E-state index contributed by atoms with van der Waals surface area (Å²) < 4.78 is 27.7. The molecule has 2 fully saturated rings. The summed E-state index contributed by atoms with van der Waals surface area (Å²) >= 11 is 0. The van der Waals surface area contributed by atoms with E-state index in [9.17, 15) is 18.0 Å². The zero-order valence-electron chi connectivity index (χ0n) is 20.0. The maximum absolute atomic E-state index is 13.5. The molecule has 0 spiro atoms. The maximum atomic E-state index is 13.5. The number of hydrogen-bond acceptors (Lipinski definition) is 5. The Labute approximate surface area is 201 Å². The van der Waals surface area contributed by atoms with E-state index in [-0.39, 0.29) is 17.5 Å². The van der Waals surface area contributed by atoms with Gasteiger partial charge in [0.05, 0.1) is 11.6 Å². The maximum Gasteiger partial charge on any atom is 0.326 e. The molecule has 2 aliphatic heterocycles. The van der Waals surface area contributed by atoms with Crippen LogP contribution in [0.5, 0.6) is 0 Å². The molecule has 2 aliphatic rings. The molecule has 0 aromatic heterocycles. The van der Waals surface area contributed by atoms with E-state index in [0.717, 1.165) is 16.7 Å². The van der Waals surface area contributed by atoms with Gasteiger partial charge in [-0.15, -0.1) is 0 Å². The van der Waals surface area contributed by atoms with Crippen molar-refractivity contribution in [1.29, 1.82) is 0 Å². The molecule has 8 nitrogen and oxygen atoms in total. The van der Waals surface area contributed by atoms with E-state index in [1.165, 1.54) is 9.21 Å². The number of carbonyl (C=O) groups is 2. The van der Waals surface area contributed by atoms with Crippen molar-refractivity contribution < 1.29 is 18.0 Å². The molecule has 1 atom stereocenters. The number of nitrogens with zero attached hydrogens (tertiary/aromatic N) is 3. The lowest BCUT2D eigenvalue weighted by atomic mass is 9.87. The second-order valence-corrected chi connectivity index (χ2v) is 11.1. The summed E-state index contributed by atoms with van der Waals surface area (Å²) in [5.74, 6) is -0.266. The minimum atomic E-state index is -3.59. The number of sulfonamides is 1. The number of carbonyl (C=O) groups excluding carboxylic acids is 2. The lowest BCUT2D eigenvalue weighted by Crippen LogP contribution is -2.46. The van der Waals surface area contributed by atoms with Gasteiger partial charge in [-0.05, 0) is 44.4 Å². The molecule has 1 unspecified atom stereocenters. The number of imide groups is 1. The molecule has 2 heterocycles. The first-order chi connectivity index (χ1) is 16.2. The Bertz CT molecular complexity index is 1160.